The molecule has 3 heteroatoms. The van der Waals surface area contributed by atoms with Crippen molar-refractivity contribution in [2.45, 2.75) is 32.7 Å². The van der Waals surface area contributed by atoms with Crippen LogP contribution in [0.4, 0.5) is 0 Å². The van der Waals surface area contributed by atoms with Gasteiger partial charge < -0.3 is 14.6 Å². The van der Waals surface area contributed by atoms with Crippen molar-refractivity contribution in [3.05, 3.63) is 95.6 Å². The lowest BCUT2D eigenvalue weighted by Crippen LogP contribution is -2.05. The van der Waals surface area contributed by atoms with Crippen molar-refractivity contribution in [1.29, 1.82) is 0 Å². The largest absolute Gasteiger partial charge is 0.485 e. The Morgan fingerprint density at radius 2 is 1.31 bits per heavy atom. The van der Waals surface area contributed by atoms with E-state index < -0.39 is 6.10 Å². The molecule has 26 heavy (non-hydrogen) atoms. The average molecular weight is 348 g/mol. The lowest BCUT2D eigenvalue weighted by Gasteiger charge is -2.19. The summed E-state index contributed by atoms with van der Waals surface area (Å²) in [6, 6.07) is 25.7. The number of para-hydroxylation sites is 1. The van der Waals surface area contributed by atoms with E-state index in [4.69, 9.17) is 9.47 Å². The van der Waals surface area contributed by atoms with Crippen LogP contribution in [0.15, 0.2) is 78.9 Å². The summed E-state index contributed by atoms with van der Waals surface area (Å²) >= 11 is 0. The number of benzene rings is 3. The molecule has 0 spiro atoms. The van der Waals surface area contributed by atoms with Crippen molar-refractivity contribution < 1.29 is 14.6 Å². The van der Waals surface area contributed by atoms with Crippen molar-refractivity contribution in [1.82, 2.24) is 0 Å². The highest BCUT2D eigenvalue weighted by Crippen LogP contribution is 2.37. The second-order valence-corrected chi connectivity index (χ2v) is 6.15. The second kappa shape index (κ2) is 9.07. The summed E-state index contributed by atoms with van der Waals surface area (Å²) in [6.07, 6.45) is 0.0326. The smallest absolute Gasteiger partial charge is 0.167 e. The monoisotopic (exact) mass is 348 g/mol. The van der Waals surface area contributed by atoms with E-state index in [-0.39, 0.29) is 0 Å². The van der Waals surface area contributed by atoms with Gasteiger partial charge in [-0.2, -0.15) is 0 Å². The highest BCUT2D eigenvalue weighted by Gasteiger charge is 2.17. The molecule has 0 amide bonds. The molecule has 0 bridgehead atoms. The molecule has 1 atom stereocenters. The minimum atomic E-state index is -0.582. The molecule has 3 rings (SSSR count). The van der Waals surface area contributed by atoms with E-state index in [1.165, 1.54) is 0 Å². The van der Waals surface area contributed by atoms with Crippen molar-refractivity contribution in [3.63, 3.8) is 0 Å². The maximum Gasteiger partial charge on any atom is 0.167 e. The molecular formula is C23H24O3. The number of rotatable bonds is 8. The Kier molecular flexibility index (Phi) is 6.29. The topological polar surface area (TPSA) is 38.7 Å². The van der Waals surface area contributed by atoms with Crippen LogP contribution in [0.25, 0.3) is 0 Å². The minimum Gasteiger partial charge on any atom is -0.485 e. The first-order chi connectivity index (χ1) is 12.8. The molecule has 1 unspecified atom stereocenters. The van der Waals surface area contributed by atoms with E-state index in [1.54, 1.807) is 0 Å². The molecule has 134 valence electrons. The molecule has 3 aromatic rings. The zero-order chi connectivity index (χ0) is 18.2. The van der Waals surface area contributed by atoms with Gasteiger partial charge in [-0.3, -0.25) is 0 Å². The van der Waals surface area contributed by atoms with Gasteiger partial charge in [-0.25, -0.2) is 0 Å². The summed E-state index contributed by atoms with van der Waals surface area (Å²) in [5.74, 6) is 1.26. The van der Waals surface area contributed by atoms with Crippen molar-refractivity contribution in [2.75, 3.05) is 0 Å². The van der Waals surface area contributed by atoms with Crippen LogP contribution in [-0.4, -0.2) is 5.11 Å². The van der Waals surface area contributed by atoms with Crippen LogP contribution in [0.2, 0.25) is 0 Å². The molecule has 0 saturated heterocycles. The number of aliphatic hydroxyl groups excluding tert-OH is 1. The number of hydrogen-bond donors (Lipinski definition) is 1. The van der Waals surface area contributed by atoms with Crippen LogP contribution in [0.3, 0.4) is 0 Å². The van der Waals surface area contributed by atoms with E-state index >= 15 is 0 Å². The van der Waals surface area contributed by atoms with Crippen LogP contribution < -0.4 is 9.47 Å². The van der Waals surface area contributed by atoms with E-state index in [0.29, 0.717) is 31.1 Å². The SMILES string of the molecule is CCC(O)c1cccc(OCc2ccccc2)c1OCc1ccccc1. The Balaban J connectivity index is 1.82. The molecule has 1 N–H and O–H groups in total. The van der Waals surface area contributed by atoms with Crippen molar-refractivity contribution in [2.24, 2.45) is 0 Å². The third kappa shape index (κ3) is 4.64. The van der Waals surface area contributed by atoms with Crippen LogP contribution >= 0.6 is 0 Å². The summed E-state index contributed by atoms with van der Waals surface area (Å²) in [7, 11) is 0. The van der Waals surface area contributed by atoms with E-state index in [0.717, 1.165) is 16.7 Å². The zero-order valence-electron chi connectivity index (χ0n) is 15.0. The molecule has 0 heterocycles. The predicted octanol–water partition coefficient (Wildman–Crippen LogP) is 5.29. The highest BCUT2D eigenvalue weighted by atomic mass is 16.5. The van der Waals surface area contributed by atoms with Gasteiger partial charge in [-0.15, -0.1) is 0 Å². The van der Waals surface area contributed by atoms with Crippen LogP contribution in [0.5, 0.6) is 11.5 Å². The fraction of sp³-hybridized carbons (Fsp3) is 0.217. The van der Waals surface area contributed by atoms with Gasteiger partial charge >= 0.3 is 0 Å². The second-order valence-electron chi connectivity index (χ2n) is 6.15. The van der Waals surface area contributed by atoms with Gasteiger partial charge in [0.2, 0.25) is 0 Å². The van der Waals surface area contributed by atoms with Gasteiger partial charge in [0, 0.05) is 5.56 Å². The number of aliphatic hydroxyl groups is 1. The van der Waals surface area contributed by atoms with Gasteiger partial charge in [-0.05, 0) is 23.6 Å². The average Bonchev–Trinajstić information content (AvgIpc) is 2.71. The first-order valence-corrected chi connectivity index (χ1v) is 8.92. The molecular weight excluding hydrogens is 324 g/mol. The zero-order valence-corrected chi connectivity index (χ0v) is 15.0. The number of ether oxygens (including phenoxy) is 2. The highest BCUT2D eigenvalue weighted by molar-refractivity contribution is 5.48. The standard InChI is InChI=1S/C23H24O3/c1-2-21(24)20-14-9-15-22(25-16-18-10-5-3-6-11-18)23(20)26-17-19-12-7-4-8-13-19/h3-15,21,24H,2,16-17H2,1H3. The van der Waals surface area contributed by atoms with Crippen LogP contribution in [-0.2, 0) is 13.2 Å². The third-order valence-electron chi connectivity index (χ3n) is 4.22. The summed E-state index contributed by atoms with van der Waals surface area (Å²) in [5.41, 5.74) is 2.92. The van der Waals surface area contributed by atoms with Gasteiger partial charge in [-0.1, -0.05) is 79.7 Å². The molecule has 0 aliphatic heterocycles. The quantitative estimate of drug-likeness (QED) is 0.601. The fourth-order valence-electron chi connectivity index (χ4n) is 2.75. The lowest BCUT2D eigenvalue weighted by atomic mass is 10.1. The van der Waals surface area contributed by atoms with Crippen molar-refractivity contribution in [3.8, 4) is 11.5 Å². The predicted molar refractivity (Wildman–Crippen MR) is 103 cm³/mol. The molecule has 0 saturated carbocycles. The van der Waals surface area contributed by atoms with Crippen LogP contribution in [0.1, 0.15) is 36.1 Å². The molecule has 3 nitrogen and oxygen atoms in total. The Morgan fingerprint density at radius 3 is 1.88 bits per heavy atom. The summed E-state index contributed by atoms with van der Waals surface area (Å²) in [4.78, 5) is 0. The Hall–Kier alpha value is -2.78. The normalized spacial score (nSPS) is 11.8. The first kappa shape index (κ1) is 18.0. The molecule has 0 aromatic heterocycles. The van der Waals surface area contributed by atoms with Gasteiger partial charge in [0.15, 0.2) is 11.5 Å². The molecule has 0 aliphatic carbocycles. The third-order valence-corrected chi connectivity index (χ3v) is 4.22. The summed E-state index contributed by atoms with van der Waals surface area (Å²) in [5, 5.41) is 10.4. The molecule has 0 fully saturated rings. The van der Waals surface area contributed by atoms with E-state index in [2.05, 4.69) is 0 Å². The maximum absolute atomic E-state index is 10.4. The maximum atomic E-state index is 10.4. The van der Waals surface area contributed by atoms with Gasteiger partial charge in [0.05, 0.1) is 6.10 Å². The minimum absolute atomic E-state index is 0.427. The van der Waals surface area contributed by atoms with Gasteiger partial charge in [0.1, 0.15) is 13.2 Å². The Bertz CT molecular complexity index is 800. The summed E-state index contributed by atoms with van der Waals surface area (Å²) < 4.78 is 12.1. The fourth-order valence-corrected chi connectivity index (χ4v) is 2.75. The Morgan fingerprint density at radius 1 is 0.731 bits per heavy atom. The van der Waals surface area contributed by atoms with Gasteiger partial charge in [0.25, 0.3) is 0 Å². The number of hydrogen-bond acceptors (Lipinski definition) is 3. The first-order valence-electron chi connectivity index (χ1n) is 8.92. The van der Waals surface area contributed by atoms with E-state index in [9.17, 15) is 5.11 Å². The molecule has 3 aromatic carbocycles. The Labute approximate surface area is 154 Å². The van der Waals surface area contributed by atoms with E-state index in [1.807, 2.05) is 85.8 Å². The van der Waals surface area contributed by atoms with Crippen LogP contribution in [0, 0.1) is 0 Å². The molecule has 0 radical (unpaired) electrons. The van der Waals surface area contributed by atoms with Crippen molar-refractivity contribution >= 4 is 0 Å². The lowest BCUT2D eigenvalue weighted by molar-refractivity contribution is 0.163. The molecule has 0 aliphatic rings. The summed E-state index contributed by atoms with van der Waals surface area (Å²) in [6.45, 7) is 2.83.